The molecule has 2 aromatic rings. The number of benzene rings is 2. The normalized spacial score (nSPS) is 11.2. The molecule has 176 valence electrons. The summed E-state index contributed by atoms with van der Waals surface area (Å²) in [7, 11) is 0. The molecule has 0 aromatic heterocycles. The van der Waals surface area contributed by atoms with Crippen LogP contribution in [0.4, 0.5) is 0 Å². The number of aliphatic hydroxyl groups excluding tert-OH is 1. The summed E-state index contributed by atoms with van der Waals surface area (Å²) in [5.41, 5.74) is 1.10. The number of hydrogen-bond acceptors (Lipinski definition) is 6. The van der Waals surface area contributed by atoms with E-state index in [1.54, 1.807) is 30.8 Å². The van der Waals surface area contributed by atoms with Gasteiger partial charge in [-0.15, -0.1) is 11.8 Å². The van der Waals surface area contributed by atoms with Crippen LogP contribution in [0.3, 0.4) is 0 Å². The van der Waals surface area contributed by atoms with E-state index in [2.05, 4.69) is 12.1 Å². The first kappa shape index (κ1) is 27.5. The highest BCUT2D eigenvalue weighted by atomic mass is 32.2. The molecule has 1 atom stereocenters. The molecule has 0 aliphatic carbocycles. The fourth-order valence-corrected chi connectivity index (χ4v) is 3.69. The number of aliphatic carboxylic acids is 1. The molecule has 0 aliphatic heterocycles. The number of hydrogen-bond donors (Lipinski definition) is 3. The Hall–Kier alpha value is -2.51. The van der Waals surface area contributed by atoms with Crippen LogP contribution in [0.25, 0.3) is 0 Å². The van der Waals surface area contributed by atoms with Gasteiger partial charge in [-0.2, -0.15) is 0 Å². The number of carboxylic acid groups (broad SMARTS) is 1. The first-order valence-electron chi connectivity index (χ1n) is 10.8. The molecule has 6 nitrogen and oxygen atoms in total. The maximum absolute atomic E-state index is 11.6. The number of aromatic hydroxyl groups is 1. The zero-order valence-corrected chi connectivity index (χ0v) is 19.9. The minimum Gasteiger partial charge on any atom is -0.507 e. The van der Waals surface area contributed by atoms with Crippen LogP contribution >= 0.6 is 11.8 Å². The van der Waals surface area contributed by atoms with Crippen molar-refractivity contribution in [3.63, 3.8) is 0 Å². The lowest BCUT2D eigenvalue weighted by Crippen LogP contribution is -2.07. The molecule has 0 aliphatic rings. The summed E-state index contributed by atoms with van der Waals surface area (Å²) < 4.78 is 5.86. The first-order chi connectivity index (χ1) is 15.3. The lowest BCUT2D eigenvalue weighted by molar-refractivity contribution is -0.138. The van der Waals surface area contributed by atoms with E-state index in [-0.39, 0.29) is 30.5 Å². The van der Waals surface area contributed by atoms with E-state index in [1.807, 2.05) is 25.1 Å². The second-order valence-corrected chi connectivity index (χ2v) is 8.66. The van der Waals surface area contributed by atoms with E-state index in [9.17, 15) is 14.7 Å². The van der Waals surface area contributed by atoms with Crippen molar-refractivity contribution >= 4 is 23.5 Å². The van der Waals surface area contributed by atoms with E-state index < -0.39 is 5.97 Å². The van der Waals surface area contributed by atoms with Gasteiger partial charge in [0.2, 0.25) is 0 Å². The number of ether oxygens (including phenoxy) is 1. The molecule has 0 fully saturated rings. The predicted molar refractivity (Wildman–Crippen MR) is 128 cm³/mol. The number of rotatable bonds is 12. The van der Waals surface area contributed by atoms with E-state index >= 15 is 0 Å². The minimum atomic E-state index is -0.855. The van der Waals surface area contributed by atoms with Gasteiger partial charge in [0.15, 0.2) is 5.78 Å². The van der Waals surface area contributed by atoms with Crippen molar-refractivity contribution < 1.29 is 29.6 Å². The van der Waals surface area contributed by atoms with Crippen molar-refractivity contribution in [2.24, 2.45) is 5.92 Å². The van der Waals surface area contributed by atoms with Gasteiger partial charge in [-0.3, -0.25) is 9.59 Å². The van der Waals surface area contributed by atoms with Gasteiger partial charge in [0.25, 0.3) is 0 Å². The smallest absolute Gasteiger partial charge is 0.303 e. The topological polar surface area (TPSA) is 104 Å². The fourth-order valence-electron chi connectivity index (χ4n) is 2.84. The molecule has 0 heterocycles. The van der Waals surface area contributed by atoms with Crippen molar-refractivity contribution in [3.8, 4) is 11.5 Å². The highest BCUT2D eigenvalue weighted by molar-refractivity contribution is 7.99. The molecule has 1 unspecified atom stereocenters. The lowest BCUT2D eigenvalue weighted by Gasteiger charge is -2.14. The highest BCUT2D eigenvalue weighted by Crippen LogP contribution is 2.33. The zero-order valence-electron chi connectivity index (χ0n) is 19.0. The van der Waals surface area contributed by atoms with Crippen LogP contribution < -0.4 is 4.74 Å². The van der Waals surface area contributed by atoms with Gasteiger partial charge in [-0.1, -0.05) is 38.5 Å². The standard InChI is InChI=1S/C20H24O3S.C5H10O3/c1-3-8-18-19(12-11-17(15(2)21)20(18)22)23-13-7-14-24-16-9-5-4-6-10-16;1-4(3-6)2-5(7)8/h4-6,9-12,22H,3,7-8,13-14H2,1-2H3;4,6H,2-3H2,1H3,(H,7,8). The Balaban J connectivity index is 0.000000547. The number of phenols is 1. The van der Waals surface area contributed by atoms with Gasteiger partial charge >= 0.3 is 5.97 Å². The summed E-state index contributed by atoms with van der Waals surface area (Å²) in [6.45, 7) is 5.74. The minimum absolute atomic E-state index is 0.0493. The molecule has 7 heteroatoms. The number of phenolic OH excluding ortho intramolecular Hbond substituents is 1. The van der Waals surface area contributed by atoms with Crippen molar-refractivity contribution in [1.29, 1.82) is 0 Å². The SMILES string of the molecule is CC(CO)CC(=O)O.CCCc1c(OCCCSc2ccccc2)ccc(C(C)=O)c1O. The Labute approximate surface area is 194 Å². The van der Waals surface area contributed by atoms with Gasteiger partial charge in [-0.25, -0.2) is 0 Å². The summed E-state index contributed by atoms with van der Waals surface area (Å²) in [5.74, 6) is 0.629. The van der Waals surface area contributed by atoms with Gasteiger partial charge in [0.1, 0.15) is 11.5 Å². The zero-order chi connectivity index (χ0) is 23.9. The van der Waals surface area contributed by atoms with Gasteiger partial charge in [0.05, 0.1) is 18.6 Å². The predicted octanol–water partition coefficient (Wildman–Crippen LogP) is 5.20. The molecule has 32 heavy (non-hydrogen) atoms. The summed E-state index contributed by atoms with van der Waals surface area (Å²) in [6.07, 6.45) is 2.55. The molecule has 0 amide bonds. The summed E-state index contributed by atoms with van der Waals surface area (Å²) >= 11 is 1.81. The first-order valence-corrected chi connectivity index (χ1v) is 11.8. The molecule has 0 saturated heterocycles. The third-order valence-electron chi connectivity index (χ3n) is 4.51. The number of Topliss-reactive ketones (excluding diaryl/α,β-unsaturated/α-hetero) is 1. The van der Waals surface area contributed by atoms with Crippen LogP contribution in [0.2, 0.25) is 0 Å². The molecular formula is C25H34O6S. The third-order valence-corrected chi connectivity index (χ3v) is 5.61. The fraction of sp³-hybridized carbons (Fsp3) is 0.440. The largest absolute Gasteiger partial charge is 0.507 e. The monoisotopic (exact) mass is 462 g/mol. The quantitative estimate of drug-likeness (QED) is 0.226. The molecule has 0 radical (unpaired) electrons. The number of ketones is 1. The number of carbonyl (C=O) groups is 2. The molecule has 0 bridgehead atoms. The third kappa shape index (κ3) is 10.2. The van der Waals surface area contributed by atoms with E-state index in [0.29, 0.717) is 24.3 Å². The lowest BCUT2D eigenvalue weighted by atomic mass is 10.0. The Morgan fingerprint density at radius 3 is 2.34 bits per heavy atom. The van der Waals surface area contributed by atoms with Crippen molar-refractivity contribution in [2.75, 3.05) is 19.0 Å². The number of carboxylic acids is 1. The van der Waals surface area contributed by atoms with Gasteiger partial charge < -0.3 is 20.1 Å². The van der Waals surface area contributed by atoms with Gasteiger partial charge in [-0.05, 0) is 49.9 Å². The van der Waals surface area contributed by atoms with Crippen LogP contribution in [-0.2, 0) is 11.2 Å². The molecular weight excluding hydrogens is 428 g/mol. The van der Waals surface area contributed by atoms with Crippen LogP contribution in [0.5, 0.6) is 11.5 Å². The van der Waals surface area contributed by atoms with Crippen molar-refractivity contribution in [3.05, 3.63) is 53.6 Å². The van der Waals surface area contributed by atoms with Crippen LogP contribution in [0, 0.1) is 5.92 Å². The summed E-state index contributed by atoms with van der Waals surface area (Å²) in [6, 6.07) is 13.7. The number of thioether (sulfide) groups is 1. The van der Waals surface area contributed by atoms with E-state index in [4.69, 9.17) is 14.9 Å². The molecule has 2 rings (SSSR count). The molecule has 0 saturated carbocycles. The van der Waals surface area contributed by atoms with Crippen molar-refractivity contribution in [2.45, 2.75) is 51.3 Å². The summed E-state index contributed by atoms with van der Waals surface area (Å²) in [4.78, 5) is 22.7. The van der Waals surface area contributed by atoms with Crippen LogP contribution in [0.15, 0.2) is 47.4 Å². The second-order valence-electron chi connectivity index (χ2n) is 7.49. The average Bonchev–Trinajstić information content (AvgIpc) is 2.76. The molecule has 0 spiro atoms. The van der Waals surface area contributed by atoms with E-state index in [0.717, 1.165) is 24.2 Å². The molecule has 3 N–H and O–H groups in total. The van der Waals surface area contributed by atoms with Crippen molar-refractivity contribution in [1.82, 2.24) is 0 Å². The highest BCUT2D eigenvalue weighted by Gasteiger charge is 2.15. The maximum Gasteiger partial charge on any atom is 0.303 e. The van der Waals surface area contributed by atoms with Crippen LogP contribution in [0.1, 0.15) is 56.0 Å². The van der Waals surface area contributed by atoms with Crippen LogP contribution in [-0.4, -0.2) is 46.0 Å². The Bertz CT molecular complexity index is 838. The number of aliphatic hydroxyl groups is 1. The summed E-state index contributed by atoms with van der Waals surface area (Å²) in [5, 5.41) is 26.7. The second kappa shape index (κ2) is 15.3. The Morgan fingerprint density at radius 1 is 1.12 bits per heavy atom. The Kier molecular flexibility index (Phi) is 13.2. The maximum atomic E-state index is 11.6. The Morgan fingerprint density at radius 2 is 1.81 bits per heavy atom. The number of carbonyl (C=O) groups excluding carboxylic acids is 1. The van der Waals surface area contributed by atoms with Gasteiger partial charge in [0, 0.05) is 22.8 Å². The molecule has 2 aromatic carbocycles. The average molecular weight is 463 g/mol. The van der Waals surface area contributed by atoms with E-state index in [1.165, 1.54) is 11.8 Å².